The molecule has 1 aliphatic rings. The van der Waals surface area contributed by atoms with Gasteiger partial charge >= 0.3 is 0 Å². The van der Waals surface area contributed by atoms with Gasteiger partial charge in [-0.15, -0.1) is 0 Å². The first-order valence-electron chi connectivity index (χ1n) is 7.93. The van der Waals surface area contributed by atoms with Crippen molar-refractivity contribution in [3.8, 4) is 11.8 Å². The lowest BCUT2D eigenvalue weighted by Crippen LogP contribution is -2.39. The van der Waals surface area contributed by atoms with E-state index in [9.17, 15) is 0 Å². The zero-order valence-corrected chi connectivity index (χ0v) is 13.0. The van der Waals surface area contributed by atoms with Gasteiger partial charge in [0.25, 0.3) is 0 Å². The summed E-state index contributed by atoms with van der Waals surface area (Å²) in [6.45, 7) is 6.67. The Morgan fingerprint density at radius 1 is 1.33 bits per heavy atom. The average molecular weight is 286 g/mol. The van der Waals surface area contributed by atoms with E-state index in [4.69, 9.17) is 10.5 Å². The quantitative estimate of drug-likeness (QED) is 0.845. The van der Waals surface area contributed by atoms with Gasteiger partial charge in [-0.05, 0) is 43.5 Å². The van der Waals surface area contributed by atoms with E-state index in [0.29, 0.717) is 12.6 Å². The minimum Gasteiger partial charge on any atom is -0.377 e. The summed E-state index contributed by atoms with van der Waals surface area (Å²) >= 11 is 0. The Hall–Kier alpha value is -1.34. The van der Waals surface area contributed by atoms with E-state index in [0.717, 1.165) is 31.7 Å². The number of piperidine rings is 1. The van der Waals surface area contributed by atoms with Gasteiger partial charge in [-0.3, -0.25) is 4.90 Å². The molecule has 0 aliphatic carbocycles. The van der Waals surface area contributed by atoms with Crippen molar-refractivity contribution in [3.05, 3.63) is 35.4 Å². The first kappa shape index (κ1) is 16.0. The van der Waals surface area contributed by atoms with Crippen LogP contribution in [0.2, 0.25) is 0 Å². The lowest BCUT2D eigenvalue weighted by Gasteiger charge is -2.32. The van der Waals surface area contributed by atoms with Crippen molar-refractivity contribution in [1.82, 2.24) is 4.90 Å². The SMILES string of the molecule is CCCOC1CCCN(Cc2ccc(C#CCN)cc2)C1. The first-order chi connectivity index (χ1) is 10.3. The molecule has 1 atom stereocenters. The normalized spacial score (nSPS) is 19.0. The summed E-state index contributed by atoms with van der Waals surface area (Å²) in [5, 5.41) is 0. The van der Waals surface area contributed by atoms with Crippen molar-refractivity contribution < 1.29 is 4.74 Å². The van der Waals surface area contributed by atoms with Crippen LogP contribution in [-0.2, 0) is 11.3 Å². The van der Waals surface area contributed by atoms with Gasteiger partial charge in [0.2, 0.25) is 0 Å². The van der Waals surface area contributed by atoms with Crippen molar-refractivity contribution >= 4 is 0 Å². The van der Waals surface area contributed by atoms with Gasteiger partial charge in [-0.1, -0.05) is 30.9 Å². The number of ether oxygens (including phenoxy) is 1. The molecule has 1 unspecified atom stereocenters. The van der Waals surface area contributed by atoms with E-state index < -0.39 is 0 Å². The van der Waals surface area contributed by atoms with Crippen LogP contribution in [0.5, 0.6) is 0 Å². The van der Waals surface area contributed by atoms with E-state index in [1.165, 1.54) is 24.9 Å². The molecule has 1 saturated heterocycles. The molecule has 0 aromatic heterocycles. The summed E-state index contributed by atoms with van der Waals surface area (Å²) in [5.74, 6) is 5.94. The summed E-state index contributed by atoms with van der Waals surface area (Å²) in [5.41, 5.74) is 7.76. The number of rotatable bonds is 5. The fourth-order valence-electron chi connectivity index (χ4n) is 2.68. The van der Waals surface area contributed by atoms with Crippen LogP contribution in [0.4, 0.5) is 0 Å². The minimum atomic E-state index is 0.411. The number of benzene rings is 1. The molecule has 1 fully saturated rings. The summed E-state index contributed by atoms with van der Waals surface area (Å²) in [6.07, 6.45) is 3.94. The molecule has 0 radical (unpaired) electrons. The third-order valence-electron chi connectivity index (χ3n) is 3.71. The van der Waals surface area contributed by atoms with Crippen molar-refractivity contribution in [2.45, 2.75) is 38.8 Å². The van der Waals surface area contributed by atoms with Gasteiger partial charge in [0.05, 0.1) is 12.6 Å². The molecule has 1 aliphatic heterocycles. The molecule has 21 heavy (non-hydrogen) atoms. The molecular formula is C18H26N2O. The van der Waals surface area contributed by atoms with Crippen LogP contribution in [0.3, 0.4) is 0 Å². The number of hydrogen-bond acceptors (Lipinski definition) is 3. The number of nitrogens with two attached hydrogens (primary N) is 1. The van der Waals surface area contributed by atoms with Crippen molar-refractivity contribution in [3.63, 3.8) is 0 Å². The molecule has 0 bridgehead atoms. The molecule has 3 heteroatoms. The monoisotopic (exact) mass is 286 g/mol. The fourth-order valence-corrected chi connectivity index (χ4v) is 2.68. The number of likely N-dealkylation sites (tertiary alicyclic amines) is 1. The van der Waals surface area contributed by atoms with E-state index in [1.54, 1.807) is 0 Å². The van der Waals surface area contributed by atoms with Gasteiger partial charge < -0.3 is 10.5 Å². The Labute approximate surface area is 128 Å². The second kappa shape index (κ2) is 8.84. The zero-order chi connectivity index (χ0) is 14.9. The summed E-state index contributed by atoms with van der Waals surface area (Å²) in [4.78, 5) is 2.49. The molecule has 2 N–H and O–H groups in total. The highest BCUT2D eigenvalue weighted by Crippen LogP contribution is 2.16. The molecule has 0 amide bonds. The van der Waals surface area contributed by atoms with E-state index in [1.807, 2.05) is 0 Å². The maximum Gasteiger partial charge on any atom is 0.0702 e. The average Bonchev–Trinajstić information content (AvgIpc) is 2.53. The van der Waals surface area contributed by atoms with Crippen LogP contribution in [0.25, 0.3) is 0 Å². The summed E-state index contributed by atoms with van der Waals surface area (Å²) in [6, 6.07) is 8.48. The highest BCUT2D eigenvalue weighted by atomic mass is 16.5. The minimum absolute atomic E-state index is 0.411. The van der Waals surface area contributed by atoms with Crippen molar-refractivity contribution in [2.24, 2.45) is 5.73 Å². The first-order valence-corrected chi connectivity index (χ1v) is 7.93. The van der Waals surface area contributed by atoms with E-state index in [-0.39, 0.29) is 0 Å². The lowest BCUT2D eigenvalue weighted by atomic mass is 10.1. The van der Waals surface area contributed by atoms with Gasteiger partial charge in [0.15, 0.2) is 0 Å². The third-order valence-corrected chi connectivity index (χ3v) is 3.71. The van der Waals surface area contributed by atoms with Crippen LogP contribution in [0, 0.1) is 11.8 Å². The smallest absolute Gasteiger partial charge is 0.0702 e. The topological polar surface area (TPSA) is 38.5 Å². The summed E-state index contributed by atoms with van der Waals surface area (Å²) < 4.78 is 5.89. The Morgan fingerprint density at radius 2 is 2.14 bits per heavy atom. The molecule has 1 heterocycles. The molecular weight excluding hydrogens is 260 g/mol. The fraction of sp³-hybridized carbons (Fsp3) is 0.556. The second-order valence-corrected chi connectivity index (χ2v) is 5.57. The van der Waals surface area contributed by atoms with Crippen LogP contribution < -0.4 is 5.73 Å². The van der Waals surface area contributed by atoms with Crippen molar-refractivity contribution in [2.75, 3.05) is 26.2 Å². The van der Waals surface area contributed by atoms with Gasteiger partial charge in [0, 0.05) is 25.3 Å². The molecule has 2 rings (SSSR count). The highest BCUT2D eigenvalue weighted by Gasteiger charge is 2.20. The van der Waals surface area contributed by atoms with E-state index in [2.05, 4.69) is 47.9 Å². The van der Waals surface area contributed by atoms with Crippen LogP contribution in [0.15, 0.2) is 24.3 Å². The van der Waals surface area contributed by atoms with Gasteiger partial charge in [-0.2, -0.15) is 0 Å². The van der Waals surface area contributed by atoms with Crippen LogP contribution in [0.1, 0.15) is 37.3 Å². The maximum atomic E-state index is 5.89. The van der Waals surface area contributed by atoms with Crippen LogP contribution >= 0.6 is 0 Å². The second-order valence-electron chi connectivity index (χ2n) is 5.57. The Balaban J connectivity index is 1.85. The summed E-state index contributed by atoms with van der Waals surface area (Å²) in [7, 11) is 0. The predicted molar refractivity (Wildman–Crippen MR) is 86.9 cm³/mol. The Bertz CT molecular complexity index is 472. The van der Waals surface area contributed by atoms with Gasteiger partial charge in [0.1, 0.15) is 0 Å². The molecule has 1 aromatic rings. The standard InChI is InChI=1S/C18H26N2O/c1-2-13-21-18-6-4-12-20(15-18)14-17-9-7-16(8-10-17)5-3-11-19/h7-10,18H,2,4,6,11-15,19H2,1H3. The molecule has 3 nitrogen and oxygen atoms in total. The van der Waals surface area contributed by atoms with Crippen LogP contribution in [-0.4, -0.2) is 37.2 Å². The third kappa shape index (κ3) is 5.51. The maximum absolute atomic E-state index is 5.89. The highest BCUT2D eigenvalue weighted by molar-refractivity contribution is 5.36. The molecule has 1 aromatic carbocycles. The lowest BCUT2D eigenvalue weighted by molar-refractivity contribution is -0.00222. The van der Waals surface area contributed by atoms with E-state index >= 15 is 0 Å². The molecule has 0 spiro atoms. The number of hydrogen-bond donors (Lipinski definition) is 1. The predicted octanol–water partition coefficient (Wildman–Crippen LogP) is 2.39. The van der Waals surface area contributed by atoms with Gasteiger partial charge in [-0.25, -0.2) is 0 Å². The number of nitrogens with zero attached hydrogens (tertiary/aromatic N) is 1. The zero-order valence-electron chi connectivity index (χ0n) is 13.0. The van der Waals surface area contributed by atoms with Crippen molar-refractivity contribution in [1.29, 1.82) is 0 Å². The Kier molecular flexibility index (Phi) is 6.75. The largest absolute Gasteiger partial charge is 0.377 e. The Morgan fingerprint density at radius 3 is 2.86 bits per heavy atom. The molecule has 0 saturated carbocycles. The molecule has 114 valence electrons.